The van der Waals surface area contributed by atoms with Gasteiger partial charge in [0.1, 0.15) is 0 Å². The van der Waals surface area contributed by atoms with Crippen LogP contribution in [0.25, 0.3) is 0 Å². The number of furan rings is 1. The zero-order valence-electron chi connectivity index (χ0n) is 8.16. The van der Waals surface area contributed by atoms with E-state index in [1.807, 2.05) is 0 Å². The summed E-state index contributed by atoms with van der Waals surface area (Å²) in [5.41, 5.74) is 0.190. The number of nitrogens with zero attached hydrogens (tertiary/aromatic N) is 2. The second-order valence-electron chi connectivity index (χ2n) is 3.13. The molecule has 0 fully saturated rings. The number of carbonyl (C=O) groups is 1. The van der Waals surface area contributed by atoms with Gasteiger partial charge in [-0.1, -0.05) is 0 Å². The van der Waals surface area contributed by atoms with E-state index >= 15 is 0 Å². The molecule has 2 heterocycles. The number of carboxylic acids is 1. The van der Waals surface area contributed by atoms with Crippen LogP contribution in [0, 0.1) is 0 Å². The van der Waals surface area contributed by atoms with Crippen molar-refractivity contribution in [3.63, 3.8) is 0 Å². The van der Waals surface area contributed by atoms with Crippen LogP contribution in [0.3, 0.4) is 0 Å². The summed E-state index contributed by atoms with van der Waals surface area (Å²) in [5, 5.41) is 8.81. The Morgan fingerprint density at radius 1 is 1.50 bits per heavy atom. The molecule has 0 saturated heterocycles. The van der Waals surface area contributed by atoms with E-state index in [1.54, 1.807) is 0 Å². The molecule has 1 N–H and O–H groups in total. The first-order valence-corrected chi connectivity index (χ1v) is 4.48. The first-order valence-electron chi connectivity index (χ1n) is 4.48. The number of hydrogen-bond acceptors (Lipinski definition) is 4. The monoisotopic (exact) mass is 220 g/mol. The average Bonchev–Trinajstić information content (AvgIpc) is 2.69. The molecule has 2 aromatic heterocycles. The van der Waals surface area contributed by atoms with Gasteiger partial charge in [-0.25, -0.2) is 9.78 Å². The second-order valence-corrected chi connectivity index (χ2v) is 3.13. The Morgan fingerprint density at radius 3 is 3.00 bits per heavy atom. The van der Waals surface area contributed by atoms with Crippen LogP contribution < -0.4 is 5.56 Å². The molecular weight excluding hydrogens is 212 g/mol. The Morgan fingerprint density at radius 2 is 2.31 bits per heavy atom. The molecule has 0 bridgehead atoms. The molecule has 82 valence electrons. The molecule has 6 heteroatoms. The van der Waals surface area contributed by atoms with Gasteiger partial charge in [0, 0.05) is 17.8 Å². The fourth-order valence-electron chi connectivity index (χ4n) is 1.33. The van der Waals surface area contributed by atoms with Crippen molar-refractivity contribution in [1.82, 2.24) is 9.55 Å². The standard InChI is InChI=1S/C10H8N2O4/c13-8-1-3-11-6-12(8)5-7-2-4-16-9(7)10(14)15/h1-4,6H,5H2,(H,14,15). The van der Waals surface area contributed by atoms with Gasteiger partial charge in [-0.05, 0) is 6.07 Å². The summed E-state index contributed by atoms with van der Waals surface area (Å²) in [6.07, 6.45) is 4.01. The Labute approximate surface area is 89.8 Å². The SMILES string of the molecule is O=C(O)c1occc1Cn1cnccc1=O. The quantitative estimate of drug-likeness (QED) is 0.817. The summed E-state index contributed by atoms with van der Waals surface area (Å²) in [6, 6.07) is 2.82. The minimum atomic E-state index is -1.16. The zero-order valence-corrected chi connectivity index (χ0v) is 8.16. The summed E-state index contributed by atoms with van der Waals surface area (Å²) in [7, 11) is 0. The molecule has 0 atom stereocenters. The first kappa shape index (κ1) is 10.2. The lowest BCUT2D eigenvalue weighted by Crippen LogP contribution is -2.20. The maximum Gasteiger partial charge on any atom is 0.372 e. The molecule has 0 aliphatic heterocycles. The van der Waals surface area contributed by atoms with Crippen LogP contribution in [0.4, 0.5) is 0 Å². The molecule has 0 unspecified atom stereocenters. The summed E-state index contributed by atoms with van der Waals surface area (Å²) in [5.74, 6) is -1.31. The van der Waals surface area contributed by atoms with E-state index in [0.29, 0.717) is 5.56 Å². The highest BCUT2D eigenvalue weighted by Gasteiger charge is 2.14. The van der Waals surface area contributed by atoms with E-state index in [9.17, 15) is 9.59 Å². The zero-order chi connectivity index (χ0) is 11.5. The van der Waals surface area contributed by atoms with Crippen molar-refractivity contribution in [3.05, 3.63) is 52.6 Å². The summed E-state index contributed by atoms with van der Waals surface area (Å²) >= 11 is 0. The van der Waals surface area contributed by atoms with E-state index in [0.717, 1.165) is 0 Å². The van der Waals surface area contributed by atoms with E-state index < -0.39 is 5.97 Å². The Hall–Kier alpha value is -2.37. The van der Waals surface area contributed by atoms with Gasteiger partial charge in [-0.2, -0.15) is 0 Å². The fourth-order valence-corrected chi connectivity index (χ4v) is 1.33. The third-order valence-corrected chi connectivity index (χ3v) is 2.07. The van der Waals surface area contributed by atoms with Crippen molar-refractivity contribution in [3.8, 4) is 0 Å². The lowest BCUT2D eigenvalue weighted by molar-refractivity contribution is 0.0660. The van der Waals surface area contributed by atoms with Gasteiger partial charge in [0.15, 0.2) is 0 Å². The number of rotatable bonds is 3. The van der Waals surface area contributed by atoms with Gasteiger partial charge < -0.3 is 9.52 Å². The molecule has 2 rings (SSSR count). The van der Waals surface area contributed by atoms with Crippen molar-refractivity contribution in [2.75, 3.05) is 0 Å². The maximum absolute atomic E-state index is 11.4. The van der Waals surface area contributed by atoms with Crippen LogP contribution in [0.1, 0.15) is 16.1 Å². The Bertz CT molecular complexity index is 570. The van der Waals surface area contributed by atoms with Crippen molar-refractivity contribution in [2.24, 2.45) is 0 Å². The second kappa shape index (κ2) is 4.01. The first-order chi connectivity index (χ1) is 7.68. The highest BCUT2D eigenvalue weighted by atomic mass is 16.4. The highest BCUT2D eigenvalue weighted by Crippen LogP contribution is 2.11. The predicted octanol–water partition coefficient (Wildman–Crippen LogP) is 0.583. The molecule has 0 aliphatic carbocycles. The summed E-state index contributed by atoms with van der Waals surface area (Å²) in [6.45, 7) is 0.130. The van der Waals surface area contributed by atoms with Crippen molar-refractivity contribution in [2.45, 2.75) is 6.54 Å². The maximum atomic E-state index is 11.4. The minimum absolute atomic E-state index is 0.130. The summed E-state index contributed by atoms with van der Waals surface area (Å²) < 4.78 is 6.11. The van der Waals surface area contributed by atoms with Gasteiger partial charge in [-0.15, -0.1) is 0 Å². The van der Waals surface area contributed by atoms with Crippen molar-refractivity contribution < 1.29 is 14.3 Å². The molecule has 0 aliphatic rings. The number of aromatic nitrogens is 2. The van der Waals surface area contributed by atoms with Crippen LogP contribution in [-0.4, -0.2) is 20.6 Å². The third kappa shape index (κ3) is 1.85. The molecule has 0 aromatic carbocycles. The minimum Gasteiger partial charge on any atom is -0.475 e. The Balaban J connectivity index is 2.35. The van der Waals surface area contributed by atoms with Gasteiger partial charge in [-0.3, -0.25) is 9.36 Å². The molecule has 16 heavy (non-hydrogen) atoms. The smallest absolute Gasteiger partial charge is 0.372 e. The average molecular weight is 220 g/mol. The van der Waals surface area contributed by atoms with Crippen LogP contribution in [0.5, 0.6) is 0 Å². The Kier molecular flexibility index (Phi) is 2.55. The van der Waals surface area contributed by atoms with Gasteiger partial charge in [0.25, 0.3) is 5.56 Å². The van der Waals surface area contributed by atoms with Gasteiger partial charge in [0.2, 0.25) is 5.76 Å². The van der Waals surface area contributed by atoms with Gasteiger partial charge >= 0.3 is 5.97 Å². The molecule has 0 spiro atoms. The topological polar surface area (TPSA) is 85.3 Å². The summed E-state index contributed by atoms with van der Waals surface area (Å²) in [4.78, 5) is 25.9. The highest BCUT2D eigenvalue weighted by molar-refractivity contribution is 5.86. The van der Waals surface area contributed by atoms with Crippen LogP contribution in [0.15, 0.2) is 40.1 Å². The van der Waals surface area contributed by atoms with Crippen molar-refractivity contribution in [1.29, 1.82) is 0 Å². The lowest BCUT2D eigenvalue weighted by Gasteiger charge is -2.02. The normalized spacial score (nSPS) is 10.2. The predicted molar refractivity (Wildman–Crippen MR) is 53.3 cm³/mol. The van der Waals surface area contributed by atoms with Crippen molar-refractivity contribution >= 4 is 5.97 Å². The lowest BCUT2D eigenvalue weighted by atomic mass is 10.2. The largest absolute Gasteiger partial charge is 0.475 e. The molecule has 6 nitrogen and oxygen atoms in total. The molecule has 0 saturated carbocycles. The van der Waals surface area contributed by atoms with E-state index in [4.69, 9.17) is 9.52 Å². The molecular formula is C10H8N2O4. The van der Waals surface area contributed by atoms with Crippen LogP contribution >= 0.6 is 0 Å². The van der Waals surface area contributed by atoms with Crippen LogP contribution in [0.2, 0.25) is 0 Å². The van der Waals surface area contributed by atoms with Gasteiger partial charge in [0.05, 0.1) is 19.1 Å². The number of aromatic carboxylic acids is 1. The van der Waals surface area contributed by atoms with E-state index in [-0.39, 0.29) is 17.9 Å². The molecule has 0 radical (unpaired) electrons. The van der Waals surface area contributed by atoms with E-state index in [1.165, 1.54) is 35.5 Å². The number of carboxylic acid groups (broad SMARTS) is 1. The van der Waals surface area contributed by atoms with Crippen LogP contribution in [-0.2, 0) is 6.54 Å². The number of hydrogen-bond donors (Lipinski definition) is 1. The third-order valence-electron chi connectivity index (χ3n) is 2.07. The van der Waals surface area contributed by atoms with E-state index in [2.05, 4.69) is 4.98 Å². The molecule has 2 aromatic rings. The molecule has 0 amide bonds. The fraction of sp³-hybridized carbons (Fsp3) is 0.100.